The minimum absolute atomic E-state index is 0.109. The Morgan fingerprint density at radius 1 is 1.56 bits per heavy atom. The Kier molecular flexibility index (Phi) is 3.91. The van der Waals surface area contributed by atoms with Crippen LogP contribution in [0.25, 0.3) is 0 Å². The van der Waals surface area contributed by atoms with Crippen LogP contribution in [0.1, 0.15) is 15.9 Å². The fraction of sp³-hybridized carbons (Fsp3) is 0.167. The molecule has 0 saturated heterocycles. The Hall–Kier alpha value is -1.92. The van der Waals surface area contributed by atoms with E-state index in [9.17, 15) is 4.79 Å². The molecular formula is C12H14N4OS. The predicted molar refractivity (Wildman–Crippen MR) is 72.2 cm³/mol. The van der Waals surface area contributed by atoms with Crippen LogP contribution in [0.2, 0.25) is 0 Å². The van der Waals surface area contributed by atoms with Crippen molar-refractivity contribution in [3.8, 4) is 0 Å². The molecule has 0 spiro atoms. The maximum atomic E-state index is 12.2. The number of pyridine rings is 1. The van der Waals surface area contributed by atoms with Gasteiger partial charge in [0.2, 0.25) is 0 Å². The lowest BCUT2D eigenvalue weighted by atomic mass is 10.2. The van der Waals surface area contributed by atoms with E-state index in [1.54, 1.807) is 35.5 Å². The third kappa shape index (κ3) is 2.66. The van der Waals surface area contributed by atoms with Gasteiger partial charge in [-0.3, -0.25) is 15.6 Å². The quantitative estimate of drug-likeness (QED) is 0.650. The van der Waals surface area contributed by atoms with E-state index in [2.05, 4.69) is 10.4 Å². The summed E-state index contributed by atoms with van der Waals surface area (Å²) in [5, 5.41) is 4.01. The minimum atomic E-state index is -0.109. The molecule has 2 heterocycles. The zero-order chi connectivity index (χ0) is 13.0. The molecule has 2 aromatic rings. The van der Waals surface area contributed by atoms with Crippen molar-refractivity contribution in [1.29, 1.82) is 0 Å². The first-order chi connectivity index (χ1) is 8.72. The molecule has 6 heteroatoms. The molecule has 1 amide bonds. The smallest absolute Gasteiger partial charge is 0.257 e. The second kappa shape index (κ2) is 5.61. The number of amides is 1. The molecular weight excluding hydrogens is 248 g/mol. The van der Waals surface area contributed by atoms with E-state index in [-0.39, 0.29) is 5.91 Å². The number of thiophene rings is 1. The van der Waals surface area contributed by atoms with Gasteiger partial charge in [0.15, 0.2) is 0 Å². The Labute approximate surface area is 109 Å². The number of nitrogen functional groups attached to an aromatic ring is 1. The van der Waals surface area contributed by atoms with Gasteiger partial charge in [-0.15, -0.1) is 0 Å². The molecule has 0 bridgehead atoms. The normalized spacial score (nSPS) is 10.1. The number of hydrogen-bond donors (Lipinski definition) is 2. The third-order valence-electron chi connectivity index (χ3n) is 2.55. The molecule has 2 aromatic heterocycles. The third-order valence-corrected chi connectivity index (χ3v) is 3.29. The van der Waals surface area contributed by atoms with Crippen LogP contribution in [0.3, 0.4) is 0 Å². The van der Waals surface area contributed by atoms with Gasteiger partial charge >= 0.3 is 0 Å². The number of rotatable bonds is 4. The maximum Gasteiger partial charge on any atom is 0.257 e. The average molecular weight is 262 g/mol. The van der Waals surface area contributed by atoms with E-state index in [1.165, 1.54) is 6.20 Å². The Morgan fingerprint density at radius 2 is 2.39 bits per heavy atom. The second-order valence-corrected chi connectivity index (χ2v) is 4.64. The number of aromatic nitrogens is 1. The minimum Gasteiger partial charge on any atom is -0.337 e. The highest BCUT2D eigenvalue weighted by atomic mass is 32.1. The number of hydrazine groups is 1. The number of hydrogen-bond acceptors (Lipinski definition) is 5. The van der Waals surface area contributed by atoms with E-state index < -0.39 is 0 Å². The van der Waals surface area contributed by atoms with E-state index in [0.29, 0.717) is 17.8 Å². The monoisotopic (exact) mass is 262 g/mol. The molecule has 0 aliphatic rings. The lowest BCUT2D eigenvalue weighted by Crippen LogP contribution is -2.27. The molecule has 5 nitrogen and oxygen atoms in total. The lowest BCUT2D eigenvalue weighted by Gasteiger charge is -2.17. The summed E-state index contributed by atoms with van der Waals surface area (Å²) in [5.41, 5.74) is 4.66. The highest BCUT2D eigenvalue weighted by molar-refractivity contribution is 7.07. The Morgan fingerprint density at radius 3 is 3.06 bits per heavy atom. The lowest BCUT2D eigenvalue weighted by molar-refractivity contribution is 0.0786. The van der Waals surface area contributed by atoms with Crippen molar-refractivity contribution in [3.63, 3.8) is 0 Å². The van der Waals surface area contributed by atoms with Crippen molar-refractivity contribution in [2.24, 2.45) is 5.84 Å². The van der Waals surface area contributed by atoms with Gasteiger partial charge in [0.05, 0.1) is 11.3 Å². The first kappa shape index (κ1) is 12.5. The topological polar surface area (TPSA) is 71.2 Å². The van der Waals surface area contributed by atoms with E-state index in [4.69, 9.17) is 5.84 Å². The van der Waals surface area contributed by atoms with Gasteiger partial charge in [-0.25, -0.2) is 0 Å². The van der Waals surface area contributed by atoms with Crippen LogP contribution in [0.5, 0.6) is 0 Å². The van der Waals surface area contributed by atoms with Crippen LogP contribution < -0.4 is 11.3 Å². The summed E-state index contributed by atoms with van der Waals surface area (Å²) in [5.74, 6) is 5.27. The van der Waals surface area contributed by atoms with Gasteiger partial charge < -0.3 is 10.3 Å². The summed E-state index contributed by atoms with van der Waals surface area (Å²) in [7, 11) is 1.76. The molecule has 0 atom stereocenters. The van der Waals surface area contributed by atoms with Crippen LogP contribution in [0, 0.1) is 0 Å². The van der Waals surface area contributed by atoms with Crippen molar-refractivity contribution in [2.75, 3.05) is 12.5 Å². The second-order valence-electron chi connectivity index (χ2n) is 3.86. The standard InChI is InChI=1S/C12H14N4OS/c1-16(7-9-3-5-18-8-9)12(17)10-6-14-4-2-11(10)15-13/h2-6,8H,7,13H2,1H3,(H,14,15). The number of carbonyl (C=O) groups excluding carboxylic acids is 1. The first-order valence-corrected chi connectivity index (χ1v) is 6.34. The van der Waals surface area contributed by atoms with Gasteiger partial charge in [-0.05, 0) is 28.5 Å². The van der Waals surface area contributed by atoms with Crippen LogP contribution in [0.4, 0.5) is 5.69 Å². The molecule has 0 fully saturated rings. The van der Waals surface area contributed by atoms with E-state index >= 15 is 0 Å². The Balaban J connectivity index is 2.15. The van der Waals surface area contributed by atoms with Gasteiger partial charge in [-0.1, -0.05) is 0 Å². The summed E-state index contributed by atoms with van der Waals surface area (Å²) in [6.07, 6.45) is 3.10. The van der Waals surface area contributed by atoms with Crippen LogP contribution in [-0.2, 0) is 6.54 Å². The number of nitrogens with zero attached hydrogens (tertiary/aromatic N) is 2. The number of carbonyl (C=O) groups is 1. The molecule has 94 valence electrons. The molecule has 18 heavy (non-hydrogen) atoms. The van der Waals surface area contributed by atoms with Crippen molar-refractivity contribution >= 4 is 22.9 Å². The highest BCUT2D eigenvalue weighted by Crippen LogP contribution is 2.16. The molecule has 0 aliphatic carbocycles. The van der Waals surface area contributed by atoms with Crippen LogP contribution in [-0.4, -0.2) is 22.8 Å². The van der Waals surface area contributed by atoms with E-state index in [0.717, 1.165) is 5.56 Å². The maximum absolute atomic E-state index is 12.2. The van der Waals surface area contributed by atoms with E-state index in [1.807, 2.05) is 16.8 Å². The number of nitrogens with one attached hydrogen (secondary N) is 1. The van der Waals surface area contributed by atoms with Gasteiger partial charge in [0.25, 0.3) is 5.91 Å². The molecule has 0 aromatic carbocycles. The molecule has 0 aliphatic heterocycles. The summed E-state index contributed by atoms with van der Waals surface area (Å²) in [6.45, 7) is 0.571. The number of anilines is 1. The molecule has 3 N–H and O–H groups in total. The van der Waals surface area contributed by atoms with Crippen LogP contribution >= 0.6 is 11.3 Å². The first-order valence-electron chi connectivity index (χ1n) is 5.39. The van der Waals surface area contributed by atoms with Crippen molar-refractivity contribution in [2.45, 2.75) is 6.54 Å². The molecule has 2 rings (SSSR count). The van der Waals surface area contributed by atoms with Gasteiger partial charge in [0.1, 0.15) is 0 Å². The summed E-state index contributed by atoms with van der Waals surface area (Å²) in [6, 6.07) is 3.67. The largest absolute Gasteiger partial charge is 0.337 e. The highest BCUT2D eigenvalue weighted by Gasteiger charge is 2.15. The zero-order valence-electron chi connectivity index (χ0n) is 9.96. The fourth-order valence-electron chi connectivity index (χ4n) is 1.62. The van der Waals surface area contributed by atoms with Crippen molar-refractivity contribution < 1.29 is 4.79 Å². The Bertz CT molecular complexity index is 527. The summed E-state index contributed by atoms with van der Waals surface area (Å²) >= 11 is 1.61. The van der Waals surface area contributed by atoms with Gasteiger partial charge in [0, 0.05) is 26.0 Å². The SMILES string of the molecule is CN(Cc1ccsc1)C(=O)c1cnccc1NN. The fourth-order valence-corrected chi connectivity index (χ4v) is 2.28. The number of nitrogens with two attached hydrogens (primary N) is 1. The molecule has 0 unspecified atom stereocenters. The summed E-state index contributed by atoms with van der Waals surface area (Å²) in [4.78, 5) is 17.8. The van der Waals surface area contributed by atoms with Gasteiger partial charge in [-0.2, -0.15) is 11.3 Å². The zero-order valence-corrected chi connectivity index (χ0v) is 10.8. The summed E-state index contributed by atoms with van der Waals surface area (Å²) < 4.78 is 0. The van der Waals surface area contributed by atoms with Crippen molar-refractivity contribution in [1.82, 2.24) is 9.88 Å². The predicted octanol–water partition coefficient (Wildman–Crippen LogP) is 1.70. The van der Waals surface area contributed by atoms with Crippen LogP contribution in [0.15, 0.2) is 35.3 Å². The molecule has 0 radical (unpaired) electrons. The molecule has 0 saturated carbocycles. The van der Waals surface area contributed by atoms with Crippen molar-refractivity contribution in [3.05, 3.63) is 46.4 Å². The average Bonchev–Trinajstić information content (AvgIpc) is 2.90.